The Bertz CT molecular complexity index is 298. The van der Waals surface area contributed by atoms with Gasteiger partial charge in [-0.1, -0.05) is 18.2 Å². The molecule has 1 aromatic rings. The van der Waals surface area contributed by atoms with Gasteiger partial charge in [-0.25, -0.2) is 4.39 Å². The van der Waals surface area contributed by atoms with E-state index in [1.807, 2.05) is 0 Å². The van der Waals surface area contributed by atoms with E-state index in [9.17, 15) is 14.3 Å². The van der Waals surface area contributed by atoms with Crippen LogP contribution in [-0.2, 0) is 4.79 Å². The highest BCUT2D eigenvalue weighted by molar-refractivity contribution is 5.71. The zero-order valence-corrected chi connectivity index (χ0v) is 6.03. The molecule has 3 nitrogen and oxygen atoms in total. The van der Waals surface area contributed by atoms with Crippen LogP contribution in [0.4, 0.5) is 4.39 Å². The lowest BCUT2D eigenvalue weighted by Gasteiger charge is -2.11. The van der Waals surface area contributed by atoms with Gasteiger partial charge in [0.1, 0.15) is 11.9 Å². The van der Waals surface area contributed by atoms with E-state index in [4.69, 9.17) is 5.11 Å². The predicted octanol–water partition coefficient (Wildman–Crippen LogP) is -0.391. The molecule has 0 bridgehead atoms. The van der Waals surface area contributed by atoms with E-state index in [2.05, 4.69) is 0 Å². The lowest BCUT2D eigenvalue weighted by molar-refractivity contribution is -0.315. The normalized spacial score (nSPS) is 12.5. The summed E-state index contributed by atoms with van der Waals surface area (Å²) in [5.74, 6) is -2.46. The molecule has 0 radical (unpaired) electrons. The van der Waals surface area contributed by atoms with Gasteiger partial charge in [-0.05, 0) is 6.07 Å². The third-order valence-corrected chi connectivity index (χ3v) is 1.42. The first-order valence-electron chi connectivity index (χ1n) is 3.26. The molecule has 64 valence electrons. The third-order valence-electron chi connectivity index (χ3n) is 1.42. The maximum Gasteiger partial charge on any atom is 0.129 e. The van der Waals surface area contributed by atoms with Gasteiger partial charge in [0.15, 0.2) is 0 Å². The number of rotatable bonds is 2. The van der Waals surface area contributed by atoms with Gasteiger partial charge >= 0.3 is 0 Å². The molecule has 0 heterocycles. The number of carbonyl (C=O) groups is 1. The molecule has 0 spiro atoms. The number of halogens is 1. The second-order valence-corrected chi connectivity index (χ2v) is 2.24. The molecule has 1 N–H and O–H groups in total. The smallest absolute Gasteiger partial charge is 0.129 e. The molecule has 0 aromatic heterocycles. The van der Waals surface area contributed by atoms with E-state index in [0.717, 1.165) is 6.07 Å². The van der Waals surface area contributed by atoms with Gasteiger partial charge in [0, 0.05) is 5.56 Å². The van der Waals surface area contributed by atoms with Crippen LogP contribution in [0.2, 0.25) is 0 Å². The monoisotopic (exact) mass is 169 g/mol. The second kappa shape index (κ2) is 3.32. The van der Waals surface area contributed by atoms with Gasteiger partial charge < -0.3 is 15.0 Å². The van der Waals surface area contributed by atoms with E-state index in [1.54, 1.807) is 0 Å². The molecule has 0 fully saturated rings. The summed E-state index contributed by atoms with van der Waals surface area (Å²) in [6.45, 7) is 0. The van der Waals surface area contributed by atoms with Crippen molar-refractivity contribution in [1.82, 2.24) is 0 Å². The quantitative estimate of drug-likeness (QED) is 0.655. The third kappa shape index (κ3) is 1.60. The van der Waals surface area contributed by atoms with E-state index in [1.165, 1.54) is 18.2 Å². The molecule has 12 heavy (non-hydrogen) atoms. The first kappa shape index (κ1) is 8.67. The van der Waals surface area contributed by atoms with Crippen molar-refractivity contribution in [3.63, 3.8) is 0 Å². The van der Waals surface area contributed by atoms with Crippen LogP contribution in [-0.4, -0.2) is 11.1 Å². The molecule has 0 aliphatic heterocycles. The summed E-state index contributed by atoms with van der Waals surface area (Å²) < 4.78 is 12.7. The summed E-state index contributed by atoms with van der Waals surface area (Å²) in [5.41, 5.74) is -0.280. The van der Waals surface area contributed by atoms with Crippen LogP contribution in [0.25, 0.3) is 0 Å². The van der Waals surface area contributed by atoms with Crippen LogP contribution in [0.5, 0.6) is 0 Å². The Morgan fingerprint density at radius 3 is 2.58 bits per heavy atom. The molecule has 0 saturated heterocycles. The van der Waals surface area contributed by atoms with Gasteiger partial charge in [-0.2, -0.15) is 0 Å². The Kier molecular flexibility index (Phi) is 2.40. The first-order valence-corrected chi connectivity index (χ1v) is 3.26. The maximum absolute atomic E-state index is 12.7. The minimum Gasteiger partial charge on any atom is -0.547 e. The number of benzene rings is 1. The molecule has 1 atom stereocenters. The van der Waals surface area contributed by atoms with Crippen molar-refractivity contribution >= 4 is 5.97 Å². The molecule has 1 aromatic carbocycles. The number of aliphatic carboxylic acids is 1. The van der Waals surface area contributed by atoms with Crippen molar-refractivity contribution in [2.75, 3.05) is 0 Å². The molecule has 0 unspecified atom stereocenters. The molecule has 4 heteroatoms. The van der Waals surface area contributed by atoms with Crippen molar-refractivity contribution < 1.29 is 19.4 Å². The predicted molar refractivity (Wildman–Crippen MR) is 36.4 cm³/mol. The largest absolute Gasteiger partial charge is 0.547 e. The van der Waals surface area contributed by atoms with Crippen LogP contribution in [0.15, 0.2) is 24.3 Å². The van der Waals surface area contributed by atoms with Gasteiger partial charge in [0.05, 0.1) is 5.97 Å². The SMILES string of the molecule is O=C([O-])[C@H](O)c1ccccc1F. The summed E-state index contributed by atoms with van der Waals surface area (Å²) in [6.07, 6.45) is -1.90. The van der Waals surface area contributed by atoms with E-state index >= 15 is 0 Å². The Labute approximate surface area is 68.1 Å². The van der Waals surface area contributed by atoms with Crippen molar-refractivity contribution in [1.29, 1.82) is 0 Å². The minimum atomic E-state index is -1.90. The minimum absolute atomic E-state index is 0.280. The van der Waals surface area contributed by atoms with Crippen LogP contribution in [0, 0.1) is 5.82 Å². The second-order valence-electron chi connectivity index (χ2n) is 2.24. The average molecular weight is 169 g/mol. The zero-order chi connectivity index (χ0) is 9.14. The number of hydrogen-bond donors (Lipinski definition) is 1. The molecular weight excluding hydrogens is 163 g/mol. The molecule has 0 amide bonds. The highest BCUT2D eigenvalue weighted by Gasteiger charge is 2.11. The van der Waals surface area contributed by atoms with E-state index in [0.29, 0.717) is 0 Å². The molecule has 0 saturated carbocycles. The van der Waals surface area contributed by atoms with Crippen LogP contribution >= 0.6 is 0 Å². The summed E-state index contributed by atoms with van der Waals surface area (Å²) >= 11 is 0. The lowest BCUT2D eigenvalue weighted by Crippen LogP contribution is -2.30. The molecule has 1 rings (SSSR count). The van der Waals surface area contributed by atoms with Crippen molar-refractivity contribution in [2.24, 2.45) is 0 Å². The first-order chi connectivity index (χ1) is 5.63. The van der Waals surface area contributed by atoms with E-state index in [-0.39, 0.29) is 5.56 Å². The van der Waals surface area contributed by atoms with Crippen LogP contribution in [0.3, 0.4) is 0 Å². The van der Waals surface area contributed by atoms with Gasteiger partial charge in [0.25, 0.3) is 0 Å². The number of carboxylic acids is 1. The van der Waals surface area contributed by atoms with Gasteiger partial charge in [0.2, 0.25) is 0 Å². The van der Waals surface area contributed by atoms with E-state index < -0.39 is 17.9 Å². The zero-order valence-electron chi connectivity index (χ0n) is 6.03. The summed E-state index contributed by atoms with van der Waals surface area (Å²) in [6, 6.07) is 5.10. The summed E-state index contributed by atoms with van der Waals surface area (Å²) in [4.78, 5) is 10.1. The summed E-state index contributed by atoms with van der Waals surface area (Å²) in [7, 11) is 0. The Morgan fingerprint density at radius 2 is 2.08 bits per heavy atom. The highest BCUT2D eigenvalue weighted by atomic mass is 19.1. The van der Waals surface area contributed by atoms with Crippen molar-refractivity contribution in [2.45, 2.75) is 6.10 Å². The average Bonchev–Trinajstić information content (AvgIpc) is 2.04. The Balaban J connectivity index is 3.02. The lowest BCUT2D eigenvalue weighted by atomic mass is 10.1. The highest BCUT2D eigenvalue weighted by Crippen LogP contribution is 2.15. The number of carbonyl (C=O) groups excluding carboxylic acids is 1. The topological polar surface area (TPSA) is 60.4 Å². The van der Waals surface area contributed by atoms with Gasteiger partial charge in [-0.15, -0.1) is 0 Å². The standard InChI is InChI=1S/C8H7FO3/c9-6-4-2-1-3-5(6)7(10)8(11)12/h1-4,7,10H,(H,11,12)/p-1/t7-/m1/s1. The summed E-state index contributed by atoms with van der Waals surface area (Å²) in [5, 5.41) is 19.0. The fourth-order valence-electron chi connectivity index (χ4n) is 0.824. The fraction of sp³-hybridized carbons (Fsp3) is 0.125. The van der Waals surface area contributed by atoms with Crippen molar-refractivity contribution in [3.05, 3.63) is 35.6 Å². The Morgan fingerprint density at radius 1 is 1.50 bits per heavy atom. The fourth-order valence-corrected chi connectivity index (χ4v) is 0.824. The van der Waals surface area contributed by atoms with Crippen molar-refractivity contribution in [3.8, 4) is 0 Å². The molecule has 0 aliphatic carbocycles. The number of carboxylic acid groups (broad SMARTS) is 1. The molecule has 0 aliphatic rings. The number of hydrogen-bond acceptors (Lipinski definition) is 3. The molecular formula is C8H6FO3-. The van der Waals surface area contributed by atoms with Crippen LogP contribution in [0.1, 0.15) is 11.7 Å². The maximum atomic E-state index is 12.7. The Hall–Kier alpha value is -1.42. The number of aliphatic hydroxyl groups is 1. The number of aliphatic hydroxyl groups excluding tert-OH is 1. The van der Waals surface area contributed by atoms with Crippen LogP contribution < -0.4 is 5.11 Å². The van der Waals surface area contributed by atoms with Gasteiger partial charge in [-0.3, -0.25) is 0 Å².